The van der Waals surface area contributed by atoms with Crippen LogP contribution in [-0.2, 0) is 31.9 Å². The summed E-state index contributed by atoms with van der Waals surface area (Å²) in [7, 11) is 0. The normalized spacial score (nSPS) is 30.0. The van der Waals surface area contributed by atoms with E-state index in [0.717, 1.165) is 73.1 Å². The van der Waals surface area contributed by atoms with Crippen LogP contribution in [0.15, 0.2) is 0 Å². The molecule has 4 bridgehead atoms. The Morgan fingerprint density at radius 2 is 1.66 bits per heavy atom. The molecule has 1 heterocycles. The maximum absolute atomic E-state index is 12.6. The van der Waals surface area contributed by atoms with Gasteiger partial charge in [0.25, 0.3) is 5.91 Å². The van der Waals surface area contributed by atoms with Crippen LogP contribution in [0.4, 0.5) is 5.00 Å². The van der Waals surface area contributed by atoms with Gasteiger partial charge in [-0.3, -0.25) is 9.59 Å². The zero-order chi connectivity index (χ0) is 22.3. The lowest BCUT2D eigenvalue weighted by molar-refractivity contribution is -0.154. The molecule has 0 aromatic carbocycles. The number of carbonyl (C=O) groups excluding carboxylic acids is 3. The van der Waals surface area contributed by atoms with E-state index in [0.29, 0.717) is 23.6 Å². The van der Waals surface area contributed by atoms with Gasteiger partial charge >= 0.3 is 11.9 Å². The molecule has 0 aliphatic heterocycles. The van der Waals surface area contributed by atoms with Gasteiger partial charge in [0.2, 0.25) is 0 Å². The maximum Gasteiger partial charge on any atom is 0.341 e. The van der Waals surface area contributed by atoms with Gasteiger partial charge in [-0.25, -0.2) is 4.79 Å². The van der Waals surface area contributed by atoms with Crippen LogP contribution in [0, 0.1) is 23.2 Å². The Balaban J connectivity index is 1.19. The van der Waals surface area contributed by atoms with Crippen molar-refractivity contribution in [3.05, 3.63) is 16.0 Å². The largest absolute Gasteiger partial charge is 0.462 e. The van der Waals surface area contributed by atoms with Crippen molar-refractivity contribution in [3.63, 3.8) is 0 Å². The lowest BCUT2D eigenvalue weighted by Gasteiger charge is -2.56. The molecule has 174 valence electrons. The number of hydrogen-bond acceptors (Lipinski definition) is 6. The lowest BCUT2D eigenvalue weighted by atomic mass is 9.49. The molecule has 0 radical (unpaired) electrons. The molecule has 5 aliphatic rings. The quantitative estimate of drug-likeness (QED) is 0.587. The fourth-order valence-corrected chi connectivity index (χ4v) is 8.54. The van der Waals surface area contributed by atoms with E-state index in [2.05, 4.69) is 5.32 Å². The fraction of sp³-hybridized carbons (Fsp3) is 0.720. The topological polar surface area (TPSA) is 81.7 Å². The van der Waals surface area contributed by atoms with Gasteiger partial charge in [0.1, 0.15) is 5.00 Å². The van der Waals surface area contributed by atoms with Gasteiger partial charge in [0.05, 0.1) is 18.6 Å². The monoisotopic (exact) mass is 459 g/mol. The molecule has 6 nitrogen and oxygen atoms in total. The predicted octanol–water partition coefficient (Wildman–Crippen LogP) is 4.89. The van der Waals surface area contributed by atoms with E-state index in [4.69, 9.17) is 9.47 Å². The molecule has 1 amide bonds. The molecular formula is C25H33NO5S. The fourth-order valence-electron chi connectivity index (χ4n) is 7.25. The first-order valence-corrected chi connectivity index (χ1v) is 13.0. The van der Waals surface area contributed by atoms with Gasteiger partial charge in [-0.05, 0) is 99.9 Å². The van der Waals surface area contributed by atoms with Crippen molar-refractivity contribution in [2.75, 3.05) is 18.5 Å². The van der Waals surface area contributed by atoms with E-state index in [9.17, 15) is 14.4 Å². The summed E-state index contributed by atoms with van der Waals surface area (Å²) in [4.78, 5) is 38.9. The van der Waals surface area contributed by atoms with Crippen molar-refractivity contribution in [3.8, 4) is 0 Å². The van der Waals surface area contributed by atoms with Crippen molar-refractivity contribution >= 4 is 34.2 Å². The average Bonchev–Trinajstić information content (AvgIpc) is 3.09. The first-order chi connectivity index (χ1) is 15.4. The minimum Gasteiger partial charge on any atom is -0.462 e. The molecule has 1 aromatic heterocycles. The van der Waals surface area contributed by atoms with Crippen LogP contribution >= 0.6 is 11.3 Å². The predicted molar refractivity (Wildman–Crippen MR) is 122 cm³/mol. The van der Waals surface area contributed by atoms with E-state index in [1.54, 1.807) is 6.92 Å². The first-order valence-electron chi connectivity index (χ1n) is 12.2. The minimum absolute atomic E-state index is 0.103. The van der Waals surface area contributed by atoms with Crippen molar-refractivity contribution in [2.24, 2.45) is 23.2 Å². The molecule has 7 heteroatoms. The summed E-state index contributed by atoms with van der Waals surface area (Å²) in [6.07, 6.45) is 11.7. The average molecular weight is 460 g/mol. The number of amides is 1. The second kappa shape index (κ2) is 8.81. The number of anilines is 1. The van der Waals surface area contributed by atoms with E-state index < -0.39 is 5.91 Å². The molecule has 0 spiro atoms. The number of rotatable bonds is 7. The van der Waals surface area contributed by atoms with Gasteiger partial charge in [0.15, 0.2) is 6.61 Å². The van der Waals surface area contributed by atoms with E-state index in [-0.39, 0.29) is 24.0 Å². The highest BCUT2D eigenvalue weighted by molar-refractivity contribution is 7.17. The summed E-state index contributed by atoms with van der Waals surface area (Å²) < 4.78 is 10.6. The van der Waals surface area contributed by atoms with Crippen LogP contribution in [0.1, 0.15) is 85.5 Å². The van der Waals surface area contributed by atoms with Crippen LogP contribution in [0.5, 0.6) is 0 Å². The van der Waals surface area contributed by atoms with Crippen LogP contribution in [-0.4, -0.2) is 31.1 Å². The van der Waals surface area contributed by atoms with E-state index in [1.165, 1.54) is 30.6 Å². The third-order valence-corrected chi connectivity index (χ3v) is 9.16. The Kier molecular flexibility index (Phi) is 6.03. The van der Waals surface area contributed by atoms with Crippen molar-refractivity contribution in [2.45, 2.75) is 77.6 Å². The third kappa shape index (κ3) is 4.33. The van der Waals surface area contributed by atoms with Crippen molar-refractivity contribution in [1.82, 2.24) is 0 Å². The number of esters is 2. The Labute approximate surface area is 193 Å². The summed E-state index contributed by atoms with van der Waals surface area (Å²) in [5, 5.41) is 3.35. The van der Waals surface area contributed by atoms with Crippen LogP contribution < -0.4 is 5.32 Å². The molecule has 32 heavy (non-hydrogen) atoms. The molecule has 0 unspecified atom stereocenters. The van der Waals surface area contributed by atoms with Gasteiger partial charge in [0, 0.05) is 4.88 Å². The summed E-state index contributed by atoms with van der Waals surface area (Å²) in [6.45, 7) is 1.76. The summed E-state index contributed by atoms with van der Waals surface area (Å²) in [5.74, 6) is 1.29. The van der Waals surface area contributed by atoms with Gasteiger partial charge < -0.3 is 14.8 Å². The SMILES string of the molecule is CCOC(=O)c1c(NC(=O)COC(=O)CC23CC4CC(CC(C4)C2)C3)sc2c1CCCC2. The van der Waals surface area contributed by atoms with Crippen molar-refractivity contribution in [1.29, 1.82) is 0 Å². The van der Waals surface area contributed by atoms with Crippen LogP contribution in [0.2, 0.25) is 0 Å². The number of carbonyl (C=O) groups is 3. The maximum atomic E-state index is 12.6. The molecule has 4 fully saturated rings. The van der Waals surface area contributed by atoms with Gasteiger partial charge in [-0.2, -0.15) is 0 Å². The second-order valence-electron chi connectivity index (χ2n) is 10.4. The smallest absolute Gasteiger partial charge is 0.341 e. The summed E-state index contributed by atoms with van der Waals surface area (Å²) in [6, 6.07) is 0. The Morgan fingerprint density at radius 1 is 1.00 bits per heavy atom. The second-order valence-corrected chi connectivity index (χ2v) is 11.5. The van der Waals surface area contributed by atoms with Gasteiger partial charge in [-0.1, -0.05) is 0 Å². The van der Waals surface area contributed by atoms with Crippen LogP contribution in [0.25, 0.3) is 0 Å². The lowest BCUT2D eigenvalue weighted by Crippen LogP contribution is -2.47. The zero-order valence-electron chi connectivity index (χ0n) is 18.9. The highest BCUT2D eigenvalue weighted by atomic mass is 32.1. The third-order valence-electron chi connectivity index (χ3n) is 7.95. The molecule has 0 atom stereocenters. The van der Waals surface area contributed by atoms with Crippen molar-refractivity contribution < 1.29 is 23.9 Å². The van der Waals surface area contributed by atoms with E-state index in [1.807, 2.05) is 0 Å². The number of hydrogen-bond donors (Lipinski definition) is 1. The van der Waals surface area contributed by atoms with E-state index >= 15 is 0 Å². The molecule has 1 aromatic rings. The minimum atomic E-state index is -0.395. The first kappa shape index (κ1) is 21.9. The molecule has 0 saturated heterocycles. The Hall–Kier alpha value is -1.89. The van der Waals surface area contributed by atoms with Gasteiger partial charge in [-0.15, -0.1) is 11.3 Å². The number of aryl methyl sites for hydroxylation is 1. The van der Waals surface area contributed by atoms with Crippen LogP contribution in [0.3, 0.4) is 0 Å². The highest BCUT2D eigenvalue weighted by Crippen LogP contribution is 2.61. The summed E-state index contributed by atoms with van der Waals surface area (Å²) >= 11 is 1.45. The number of nitrogens with one attached hydrogen (secondary N) is 1. The number of fused-ring (bicyclic) bond motifs is 1. The Morgan fingerprint density at radius 3 is 2.31 bits per heavy atom. The molecule has 4 saturated carbocycles. The molecule has 6 rings (SSSR count). The number of ether oxygens (including phenoxy) is 2. The standard InChI is InChI=1S/C25H33NO5S/c1-2-30-24(29)22-18-5-3-4-6-19(18)32-23(22)26-20(27)14-31-21(28)13-25-10-15-7-16(11-25)9-17(8-15)12-25/h15-17H,2-14H2,1H3,(H,26,27). The Bertz CT molecular complexity index is 884. The highest BCUT2D eigenvalue weighted by Gasteiger charge is 2.51. The summed E-state index contributed by atoms with van der Waals surface area (Å²) in [5.41, 5.74) is 1.60. The molecule has 1 N–H and O–H groups in total. The molecule has 5 aliphatic carbocycles. The molecular weight excluding hydrogens is 426 g/mol. The zero-order valence-corrected chi connectivity index (χ0v) is 19.7. The number of thiophene rings is 1.